The van der Waals surface area contributed by atoms with Crippen LogP contribution in [-0.4, -0.2) is 24.7 Å². The molecule has 0 saturated heterocycles. The van der Waals surface area contributed by atoms with Crippen LogP contribution in [0, 0.1) is 5.41 Å². The van der Waals surface area contributed by atoms with Crippen molar-refractivity contribution in [2.75, 3.05) is 13.7 Å². The Labute approximate surface area is 98.2 Å². The Morgan fingerprint density at radius 2 is 2.19 bits per heavy atom. The number of methoxy groups -OCH3 is 1. The molecule has 3 heteroatoms. The van der Waals surface area contributed by atoms with Gasteiger partial charge in [-0.3, -0.25) is 4.98 Å². The number of hydrogen-bond acceptors (Lipinski definition) is 3. The second-order valence-electron chi connectivity index (χ2n) is 5.08. The van der Waals surface area contributed by atoms with E-state index in [1.165, 1.54) is 5.56 Å². The predicted octanol–water partition coefficient (Wildman–Crippen LogP) is 2.23. The first-order valence-corrected chi connectivity index (χ1v) is 5.66. The minimum Gasteiger partial charge on any atom is -0.380 e. The molecule has 1 aromatic heterocycles. The lowest BCUT2D eigenvalue weighted by atomic mass is 9.89. The third-order valence-electron chi connectivity index (χ3n) is 2.63. The number of pyridine rings is 1. The number of hydrogen-bond donors (Lipinski definition) is 1. The van der Waals surface area contributed by atoms with Gasteiger partial charge in [0.25, 0.3) is 0 Å². The van der Waals surface area contributed by atoms with Crippen LogP contribution >= 0.6 is 0 Å². The zero-order valence-electron chi connectivity index (χ0n) is 10.7. The number of nitrogens with zero attached hydrogens (tertiary/aromatic N) is 1. The summed E-state index contributed by atoms with van der Waals surface area (Å²) in [6.07, 6.45) is 3.90. The average molecular weight is 222 g/mol. The van der Waals surface area contributed by atoms with Crippen LogP contribution in [-0.2, 0) is 11.3 Å². The fraction of sp³-hybridized carbons (Fsp3) is 0.615. The van der Waals surface area contributed by atoms with Gasteiger partial charge < -0.3 is 10.1 Å². The van der Waals surface area contributed by atoms with Crippen molar-refractivity contribution in [3.63, 3.8) is 0 Å². The molecule has 0 saturated carbocycles. The minimum absolute atomic E-state index is 0.163. The Bertz CT molecular complexity index is 293. The van der Waals surface area contributed by atoms with Crippen molar-refractivity contribution in [1.82, 2.24) is 10.3 Å². The van der Waals surface area contributed by atoms with E-state index in [4.69, 9.17) is 4.74 Å². The van der Waals surface area contributed by atoms with E-state index in [1.807, 2.05) is 12.3 Å². The van der Waals surface area contributed by atoms with Gasteiger partial charge in [-0.25, -0.2) is 0 Å². The molecule has 0 bridgehead atoms. The fourth-order valence-corrected chi connectivity index (χ4v) is 1.59. The predicted molar refractivity (Wildman–Crippen MR) is 66.2 cm³/mol. The normalized spacial score (nSPS) is 13.8. The number of nitrogens with one attached hydrogen (secondary N) is 1. The molecule has 1 aromatic rings. The van der Waals surface area contributed by atoms with Gasteiger partial charge in [0.2, 0.25) is 0 Å². The third-order valence-corrected chi connectivity index (χ3v) is 2.63. The molecule has 1 heterocycles. The lowest BCUT2D eigenvalue weighted by Gasteiger charge is -2.29. The van der Waals surface area contributed by atoms with Crippen LogP contribution in [0.15, 0.2) is 24.5 Å². The Morgan fingerprint density at radius 3 is 2.69 bits per heavy atom. The van der Waals surface area contributed by atoms with Crippen LogP contribution in [0.2, 0.25) is 0 Å². The van der Waals surface area contributed by atoms with Gasteiger partial charge in [0.05, 0.1) is 6.10 Å². The zero-order valence-corrected chi connectivity index (χ0v) is 10.7. The second-order valence-corrected chi connectivity index (χ2v) is 5.08. The van der Waals surface area contributed by atoms with Crippen molar-refractivity contribution in [3.05, 3.63) is 30.1 Å². The van der Waals surface area contributed by atoms with Crippen molar-refractivity contribution < 1.29 is 4.74 Å². The molecule has 90 valence electrons. The fourth-order valence-electron chi connectivity index (χ4n) is 1.59. The van der Waals surface area contributed by atoms with Crippen LogP contribution in [0.4, 0.5) is 0 Å². The maximum atomic E-state index is 5.47. The smallest absolute Gasteiger partial charge is 0.0743 e. The van der Waals surface area contributed by atoms with Gasteiger partial charge in [-0.05, 0) is 17.0 Å². The Kier molecular flexibility index (Phi) is 4.90. The van der Waals surface area contributed by atoms with Crippen LogP contribution in [0.3, 0.4) is 0 Å². The summed E-state index contributed by atoms with van der Waals surface area (Å²) in [6, 6.07) is 4.02. The van der Waals surface area contributed by atoms with E-state index in [1.54, 1.807) is 13.3 Å². The van der Waals surface area contributed by atoms with Crippen molar-refractivity contribution in [2.45, 2.75) is 33.4 Å². The van der Waals surface area contributed by atoms with Gasteiger partial charge in [0.15, 0.2) is 0 Å². The number of ether oxygens (including phenoxy) is 1. The summed E-state index contributed by atoms with van der Waals surface area (Å²) in [4.78, 5) is 4.08. The summed E-state index contributed by atoms with van der Waals surface area (Å²) in [6.45, 7) is 8.26. The molecule has 0 aliphatic heterocycles. The highest BCUT2D eigenvalue weighted by molar-refractivity contribution is 5.07. The third kappa shape index (κ3) is 4.29. The van der Waals surface area contributed by atoms with E-state index in [0.29, 0.717) is 0 Å². The summed E-state index contributed by atoms with van der Waals surface area (Å²) in [7, 11) is 1.77. The first-order chi connectivity index (χ1) is 7.54. The second kappa shape index (κ2) is 5.97. The standard InChI is InChI=1S/C13H22N2O/c1-13(2,3)12(16-4)10-15-9-11-6-5-7-14-8-11/h5-8,12,15H,9-10H2,1-4H3. The molecule has 0 aromatic carbocycles. The lowest BCUT2D eigenvalue weighted by molar-refractivity contribution is 0.0173. The average Bonchev–Trinajstić information content (AvgIpc) is 2.24. The SMILES string of the molecule is COC(CNCc1cccnc1)C(C)(C)C. The van der Waals surface area contributed by atoms with Crippen molar-refractivity contribution in [2.24, 2.45) is 5.41 Å². The summed E-state index contributed by atoms with van der Waals surface area (Å²) >= 11 is 0. The number of aromatic nitrogens is 1. The monoisotopic (exact) mass is 222 g/mol. The summed E-state index contributed by atoms with van der Waals surface area (Å²) in [5.74, 6) is 0. The highest BCUT2D eigenvalue weighted by Crippen LogP contribution is 2.20. The minimum atomic E-state index is 0.163. The molecule has 0 radical (unpaired) electrons. The summed E-state index contributed by atoms with van der Waals surface area (Å²) in [5, 5.41) is 3.39. The summed E-state index contributed by atoms with van der Waals surface area (Å²) < 4.78 is 5.47. The van der Waals surface area contributed by atoms with E-state index in [-0.39, 0.29) is 11.5 Å². The molecule has 0 aliphatic carbocycles. The van der Waals surface area contributed by atoms with E-state index < -0.39 is 0 Å². The Balaban J connectivity index is 2.35. The largest absolute Gasteiger partial charge is 0.380 e. The highest BCUT2D eigenvalue weighted by Gasteiger charge is 2.23. The summed E-state index contributed by atoms with van der Waals surface area (Å²) in [5.41, 5.74) is 1.36. The van der Waals surface area contributed by atoms with Gasteiger partial charge >= 0.3 is 0 Å². The van der Waals surface area contributed by atoms with Crippen LogP contribution < -0.4 is 5.32 Å². The molecule has 3 nitrogen and oxygen atoms in total. The molecular formula is C13H22N2O. The first-order valence-electron chi connectivity index (χ1n) is 5.66. The molecule has 1 unspecified atom stereocenters. The van der Waals surface area contributed by atoms with Gasteiger partial charge in [0, 0.05) is 32.6 Å². The highest BCUT2D eigenvalue weighted by atomic mass is 16.5. The van der Waals surface area contributed by atoms with Crippen LogP contribution in [0.1, 0.15) is 26.3 Å². The van der Waals surface area contributed by atoms with Gasteiger partial charge in [-0.2, -0.15) is 0 Å². The molecule has 0 aliphatic rings. The van der Waals surface area contributed by atoms with E-state index in [0.717, 1.165) is 13.1 Å². The topological polar surface area (TPSA) is 34.1 Å². The Hall–Kier alpha value is -0.930. The van der Waals surface area contributed by atoms with Crippen molar-refractivity contribution in [1.29, 1.82) is 0 Å². The van der Waals surface area contributed by atoms with Gasteiger partial charge in [-0.1, -0.05) is 26.8 Å². The maximum Gasteiger partial charge on any atom is 0.0743 e. The first kappa shape index (κ1) is 13.1. The van der Waals surface area contributed by atoms with Crippen molar-refractivity contribution in [3.8, 4) is 0 Å². The van der Waals surface area contributed by atoms with Crippen LogP contribution in [0.25, 0.3) is 0 Å². The molecule has 0 fully saturated rings. The lowest BCUT2D eigenvalue weighted by Crippen LogP contribution is -2.37. The van der Waals surface area contributed by atoms with Gasteiger partial charge in [-0.15, -0.1) is 0 Å². The molecule has 1 atom stereocenters. The molecule has 0 spiro atoms. The van der Waals surface area contributed by atoms with Gasteiger partial charge in [0.1, 0.15) is 0 Å². The van der Waals surface area contributed by atoms with E-state index in [2.05, 4.69) is 37.1 Å². The molecule has 1 rings (SSSR count). The molecule has 1 N–H and O–H groups in total. The molecule has 0 amide bonds. The van der Waals surface area contributed by atoms with Crippen LogP contribution in [0.5, 0.6) is 0 Å². The Morgan fingerprint density at radius 1 is 1.44 bits per heavy atom. The zero-order chi connectivity index (χ0) is 12.0. The van der Waals surface area contributed by atoms with Crippen molar-refractivity contribution >= 4 is 0 Å². The molecular weight excluding hydrogens is 200 g/mol. The molecule has 16 heavy (non-hydrogen) atoms. The van der Waals surface area contributed by atoms with E-state index >= 15 is 0 Å². The maximum absolute atomic E-state index is 5.47. The van der Waals surface area contributed by atoms with E-state index in [9.17, 15) is 0 Å². The number of rotatable bonds is 5. The quantitative estimate of drug-likeness (QED) is 0.829.